The van der Waals surface area contributed by atoms with Gasteiger partial charge in [-0.15, -0.1) is 24.0 Å². The van der Waals surface area contributed by atoms with Crippen molar-refractivity contribution < 1.29 is 13.2 Å². The molecule has 0 saturated carbocycles. The lowest BCUT2D eigenvalue weighted by atomic mass is 10.1. The van der Waals surface area contributed by atoms with Crippen LogP contribution in [-0.2, 0) is 22.8 Å². The van der Waals surface area contributed by atoms with Crippen LogP contribution in [0.5, 0.6) is 0 Å². The summed E-state index contributed by atoms with van der Waals surface area (Å²) in [5.41, 5.74) is 2.71. The molecule has 0 aliphatic rings. The second kappa shape index (κ2) is 12.7. The fraction of sp³-hybridized carbons (Fsp3) is 0.364. The Bertz CT molecular complexity index is 973. The third-order valence-electron chi connectivity index (χ3n) is 4.43. The van der Waals surface area contributed by atoms with Crippen molar-refractivity contribution in [1.29, 1.82) is 0 Å². The van der Waals surface area contributed by atoms with Crippen LogP contribution in [0.15, 0.2) is 58.4 Å². The quantitative estimate of drug-likeness (QED) is 0.296. The van der Waals surface area contributed by atoms with E-state index in [1.165, 1.54) is 6.26 Å². The van der Waals surface area contributed by atoms with Gasteiger partial charge in [0.25, 0.3) is 5.91 Å². The molecule has 31 heavy (non-hydrogen) atoms. The van der Waals surface area contributed by atoms with Crippen LogP contribution in [0, 0.1) is 0 Å². The molecule has 0 aliphatic heterocycles. The van der Waals surface area contributed by atoms with E-state index in [2.05, 4.69) is 15.6 Å². The van der Waals surface area contributed by atoms with Crippen molar-refractivity contribution >= 4 is 45.7 Å². The molecule has 0 aromatic heterocycles. The van der Waals surface area contributed by atoms with Crippen molar-refractivity contribution in [2.45, 2.75) is 24.8 Å². The average molecular weight is 558 g/mol. The highest BCUT2D eigenvalue weighted by molar-refractivity contribution is 14.0. The predicted octanol–water partition coefficient (Wildman–Crippen LogP) is 2.71. The smallest absolute Gasteiger partial charge is 0.253 e. The van der Waals surface area contributed by atoms with Crippen molar-refractivity contribution in [1.82, 2.24) is 15.5 Å². The van der Waals surface area contributed by atoms with Gasteiger partial charge in [-0.25, -0.2) is 13.4 Å². The van der Waals surface area contributed by atoms with Gasteiger partial charge in [-0.2, -0.15) is 0 Å². The van der Waals surface area contributed by atoms with Gasteiger partial charge in [-0.05, 0) is 48.7 Å². The minimum atomic E-state index is -3.17. The number of halogens is 1. The van der Waals surface area contributed by atoms with Crippen LogP contribution in [-0.4, -0.2) is 58.6 Å². The van der Waals surface area contributed by atoms with E-state index in [-0.39, 0.29) is 29.9 Å². The molecule has 2 aromatic rings. The van der Waals surface area contributed by atoms with Gasteiger partial charge < -0.3 is 15.5 Å². The fourth-order valence-corrected chi connectivity index (χ4v) is 3.38. The number of hydrogen-bond donors (Lipinski definition) is 2. The number of nitrogens with one attached hydrogen (secondary N) is 2. The maximum Gasteiger partial charge on any atom is 0.253 e. The van der Waals surface area contributed by atoms with E-state index in [0.717, 1.165) is 24.1 Å². The van der Waals surface area contributed by atoms with Gasteiger partial charge >= 0.3 is 0 Å². The van der Waals surface area contributed by atoms with Crippen LogP contribution in [0.25, 0.3) is 0 Å². The molecule has 0 bridgehead atoms. The first-order valence-corrected chi connectivity index (χ1v) is 11.7. The average Bonchev–Trinajstić information content (AvgIpc) is 2.71. The summed E-state index contributed by atoms with van der Waals surface area (Å²) in [6.45, 7) is 3.91. The molecule has 1 amide bonds. The van der Waals surface area contributed by atoms with Crippen LogP contribution in [0.1, 0.15) is 28.4 Å². The first-order valence-electron chi connectivity index (χ1n) is 9.82. The van der Waals surface area contributed by atoms with Gasteiger partial charge in [-0.3, -0.25) is 4.79 Å². The summed E-state index contributed by atoms with van der Waals surface area (Å²) in [5, 5.41) is 6.50. The lowest BCUT2D eigenvalue weighted by molar-refractivity contribution is 0.0827. The monoisotopic (exact) mass is 558 g/mol. The largest absolute Gasteiger partial charge is 0.357 e. The zero-order valence-electron chi connectivity index (χ0n) is 18.4. The Morgan fingerprint density at radius 3 is 2.06 bits per heavy atom. The number of rotatable bonds is 8. The second-order valence-corrected chi connectivity index (χ2v) is 9.20. The SMILES string of the molecule is CCNC(=NCc1ccc(C(=O)N(C)C)cc1)NCCc1ccc(S(C)(=O)=O)cc1.I. The highest BCUT2D eigenvalue weighted by Crippen LogP contribution is 2.10. The molecule has 170 valence electrons. The summed E-state index contributed by atoms with van der Waals surface area (Å²) in [6.07, 6.45) is 1.95. The molecular weight excluding hydrogens is 527 g/mol. The summed E-state index contributed by atoms with van der Waals surface area (Å²) < 4.78 is 23.1. The maximum atomic E-state index is 12.0. The molecule has 0 saturated heterocycles. The van der Waals surface area contributed by atoms with Crippen molar-refractivity contribution in [3.8, 4) is 0 Å². The molecule has 0 fully saturated rings. The van der Waals surface area contributed by atoms with Crippen molar-refractivity contribution in [3.63, 3.8) is 0 Å². The topological polar surface area (TPSA) is 90.9 Å². The van der Waals surface area contributed by atoms with Crippen LogP contribution in [0.3, 0.4) is 0 Å². The number of carbonyl (C=O) groups excluding carboxylic acids is 1. The van der Waals surface area contributed by atoms with E-state index in [4.69, 9.17) is 0 Å². The van der Waals surface area contributed by atoms with Crippen LogP contribution >= 0.6 is 24.0 Å². The zero-order valence-corrected chi connectivity index (χ0v) is 21.5. The van der Waals surface area contributed by atoms with E-state index >= 15 is 0 Å². The number of hydrogen-bond acceptors (Lipinski definition) is 4. The van der Waals surface area contributed by atoms with E-state index in [9.17, 15) is 13.2 Å². The number of amides is 1. The summed E-state index contributed by atoms with van der Waals surface area (Å²) in [5.74, 6) is 0.684. The molecule has 7 nitrogen and oxygen atoms in total. The van der Waals surface area contributed by atoms with Crippen LogP contribution in [0.2, 0.25) is 0 Å². The van der Waals surface area contributed by atoms with Gasteiger partial charge in [0.05, 0.1) is 11.4 Å². The minimum Gasteiger partial charge on any atom is -0.357 e. The first kappa shape index (κ1) is 26.9. The zero-order chi connectivity index (χ0) is 22.1. The maximum absolute atomic E-state index is 12.0. The lowest BCUT2D eigenvalue weighted by Gasteiger charge is -2.12. The molecule has 0 unspecified atom stereocenters. The Balaban J connectivity index is 0.00000480. The minimum absolute atomic E-state index is 0. The third kappa shape index (κ3) is 8.86. The standard InChI is InChI=1S/C22H30N4O3S.HI/c1-5-23-22(24-15-14-17-8-12-20(13-9-17)30(4,28)29)25-16-18-6-10-19(11-7-18)21(27)26(2)3;/h6-13H,5,14-16H2,1-4H3,(H2,23,24,25);1H. The van der Waals surface area contributed by atoms with Gasteiger partial charge in [0.15, 0.2) is 15.8 Å². The Morgan fingerprint density at radius 1 is 0.968 bits per heavy atom. The lowest BCUT2D eigenvalue weighted by Crippen LogP contribution is -2.38. The molecular formula is C22H31IN4O3S. The molecule has 0 radical (unpaired) electrons. The van der Waals surface area contributed by atoms with Crippen LogP contribution in [0.4, 0.5) is 0 Å². The second-order valence-electron chi connectivity index (χ2n) is 7.18. The van der Waals surface area contributed by atoms with Gasteiger partial charge in [0, 0.05) is 39.0 Å². The first-order chi connectivity index (χ1) is 14.2. The molecule has 0 heterocycles. The molecule has 0 aliphatic carbocycles. The summed E-state index contributed by atoms with van der Waals surface area (Å²) in [4.78, 5) is 18.4. The van der Waals surface area contributed by atoms with Gasteiger partial charge in [-0.1, -0.05) is 24.3 Å². The van der Waals surface area contributed by atoms with Crippen molar-refractivity contribution in [2.24, 2.45) is 4.99 Å². The molecule has 0 atom stereocenters. The molecule has 2 N–H and O–H groups in total. The van der Waals surface area contributed by atoms with Gasteiger partial charge in [0.1, 0.15) is 0 Å². The fourth-order valence-electron chi connectivity index (χ4n) is 2.75. The Morgan fingerprint density at radius 2 is 1.55 bits per heavy atom. The number of nitrogens with zero attached hydrogens (tertiary/aromatic N) is 2. The number of carbonyl (C=O) groups is 1. The number of aliphatic imine (C=N–C) groups is 1. The summed E-state index contributed by atoms with van der Waals surface area (Å²) in [6, 6.07) is 14.4. The summed E-state index contributed by atoms with van der Waals surface area (Å²) >= 11 is 0. The number of sulfone groups is 1. The molecule has 2 aromatic carbocycles. The molecule has 2 rings (SSSR count). The Hall–Kier alpha value is -2.14. The normalized spacial score (nSPS) is 11.4. The summed E-state index contributed by atoms with van der Waals surface area (Å²) in [7, 11) is 0.290. The third-order valence-corrected chi connectivity index (χ3v) is 5.56. The van der Waals surface area contributed by atoms with E-state index in [1.54, 1.807) is 31.1 Å². The molecule has 0 spiro atoms. The van der Waals surface area contributed by atoms with E-state index in [1.807, 2.05) is 43.3 Å². The van der Waals surface area contributed by atoms with Crippen LogP contribution < -0.4 is 10.6 Å². The predicted molar refractivity (Wildman–Crippen MR) is 136 cm³/mol. The highest BCUT2D eigenvalue weighted by atomic mass is 127. The van der Waals surface area contributed by atoms with Crippen molar-refractivity contribution in [2.75, 3.05) is 33.4 Å². The number of benzene rings is 2. The highest BCUT2D eigenvalue weighted by Gasteiger charge is 2.08. The number of guanidine groups is 1. The Kier molecular flexibility index (Phi) is 11.0. The van der Waals surface area contributed by atoms with E-state index < -0.39 is 9.84 Å². The van der Waals surface area contributed by atoms with E-state index in [0.29, 0.717) is 29.5 Å². The Labute approximate surface area is 202 Å². The molecule has 9 heteroatoms. The van der Waals surface area contributed by atoms with Crippen molar-refractivity contribution in [3.05, 3.63) is 65.2 Å². The van der Waals surface area contributed by atoms with Gasteiger partial charge in [0.2, 0.25) is 0 Å².